The molecular formula is C13H13BrN3O+. The van der Waals surface area contributed by atoms with Crippen LogP contribution in [0.5, 0.6) is 0 Å². The summed E-state index contributed by atoms with van der Waals surface area (Å²) in [5, 5.41) is 0. The molecule has 1 aromatic carbocycles. The van der Waals surface area contributed by atoms with Crippen molar-refractivity contribution < 1.29 is 4.43 Å². The molecule has 0 saturated carbocycles. The van der Waals surface area contributed by atoms with Crippen LogP contribution in [0.4, 0.5) is 5.82 Å². The summed E-state index contributed by atoms with van der Waals surface area (Å²) in [6.07, 6.45) is 4.24. The van der Waals surface area contributed by atoms with Crippen LogP contribution >= 0.6 is 15.9 Å². The Balaban J connectivity index is 2.34. The number of aromatic nitrogens is 2. The van der Waals surface area contributed by atoms with E-state index in [9.17, 15) is 4.91 Å². The molecule has 4 nitrogen and oxygen atoms in total. The van der Waals surface area contributed by atoms with Crippen LogP contribution in [0.2, 0.25) is 0 Å². The predicted molar refractivity (Wildman–Crippen MR) is 73.7 cm³/mol. The van der Waals surface area contributed by atoms with E-state index in [-0.39, 0.29) is 5.82 Å². The number of rotatable bonds is 0. The Bertz CT molecular complexity index is 678. The van der Waals surface area contributed by atoms with Crippen molar-refractivity contribution >= 4 is 21.7 Å². The van der Waals surface area contributed by atoms with Crippen LogP contribution in [0.3, 0.4) is 0 Å². The number of aryl methyl sites for hydroxylation is 1. The third-order valence-corrected chi connectivity index (χ3v) is 3.83. The van der Waals surface area contributed by atoms with Gasteiger partial charge >= 0.3 is 5.82 Å². The highest BCUT2D eigenvalue weighted by Gasteiger charge is 2.21. The first-order valence-electron chi connectivity index (χ1n) is 5.88. The van der Waals surface area contributed by atoms with Crippen molar-refractivity contribution in [3.8, 4) is 11.3 Å². The van der Waals surface area contributed by atoms with Gasteiger partial charge in [-0.15, -0.1) is 0 Å². The van der Waals surface area contributed by atoms with Gasteiger partial charge in [-0.3, -0.25) is 5.73 Å². The lowest BCUT2D eigenvalue weighted by Gasteiger charge is -2.07. The Labute approximate surface area is 113 Å². The third-order valence-electron chi connectivity index (χ3n) is 3.33. The summed E-state index contributed by atoms with van der Waals surface area (Å²) < 4.78 is 1.85. The normalized spacial score (nSPS) is 13.6. The number of halogens is 1. The largest absolute Gasteiger partial charge is 0.351 e. The van der Waals surface area contributed by atoms with Gasteiger partial charge in [0.05, 0.1) is 11.9 Å². The number of fused-ring (bicyclic) bond motifs is 3. The van der Waals surface area contributed by atoms with Gasteiger partial charge in [0.25, 0.3) is 0 Å². The van der Waals surface area contributed by atoms with Gasteiger partial charge in [-0.1, -0.05) is 26.9 Å². The molecule has 2 aromatic rings. The number of nitrogens with two attached hydrogens (primary N) is 1. The van der Waals surface area contributed by atoms with Crippen molar-refractivity contribution in [3.63, 3.8) is 0 Å². The summed E-state index contributed by atoms with van der Waals surface area (Å²) in [4.78, 5) is 15.2. The fourth-order valence-corrected chi connectivity index (χ4v) is 2.81. The Hall–Kier alpha value is -1.62. The van der Waals surface area contributed by atoms with E-state index >= 15 is 0 Å². The molecule has 1 heterocycles. The summed E-state index contributed by atoms with van der Waals surface area (Å²) in [7, 11) is 0. The lowest BCUT2D eigenvalue weighted by Crippen LogP contribution is -2.27. The van der Waals surface area contributed by atoms with Gasteiger partial charge < -0.3 is 4.98 Å². The molecule has 5 heteroatoms. The van der Waals surface area contributed by atoms with Crippen molar-refractivity contribution in [3.05, 3.63) is 45.0 Å². The lowest BCUT2D eigenvalue weighted by molar-refractivity contribution is -0.488. The first-order chi connectivity index (χ1) is 8.66. The van der Waals surface area contributed by atoms with Crippen LogP contribution in [-0.2, 0) is 12.8 Å². The maximum Gasteiger partial charge on any atom is 0.333 e. The van der Waals surface area contributed by atoms with Gasteiger partial charge in [-0.25, -0.2) is 0 Å². The molecule has 1 aromatic heterocycles. The molecule has 0 saturated heterocycles. The number of nitrogens with one attached hydrogen (secondary N) is 1. The van der Waals surface area contributed by atoms with Crippen LogP contribution in [-0.4, -0.2) is 4.98 Å². The van der Waals surface area contributed by atoms with E-state index in [0.29, 0.717) is 0 Å². The minimum Gasteiger partial charge on any atom is -0.351 e. The van der Waals surface area contributed by atoms with E-state index in [4.69, 9.17) is 5.73 Å². The quantitative estimate of drug-likeness (QED) is 0.734. The Morgan fingerprint density at radius 2 is 2.17 bits per heavy atom. The van der Waals surface area contributed by atoms with Crippen LogP contribution in [0, 0.1) is 4.91 Å². The van der Waals surface area contributed by atoms with E-state index in [1.165, 1.54) is 5.56 Å². The number of hydrogen-bond acceptors (Lipinski definition) is 2. The maximum absolute atomic E-state index is 12.0. The van der Waals surface area contributed by atoms with E-state index in [2.05, 4.69) is 27.0 Å². The Kier molecular flexibility index (Phi) is 2.70. The molecule has 92 valence electrons. The van der Waals surface area contributed by atoms with Gasteiger partial charge in [-0.2, -0.15) is 0 Å². The lowest BCUT2D eigenvalue weighted by atomic mass is 10.0. The van der Waals surface area contributed by atoms with Crippen LogP contribution < -0.4 is 10.2 Å². The molecule has 0 aliphatic heterocycles. The summed E-state index contributed by atoms with van der Waals surface area (Å²) in [5.74, 6) is 0.215. The highest BCUT2D eigenvalue weighted by Crippen LogP contribution is 2.31. The van der Waals surface area contributed by atoms with Gasteiger partial charge in [0.2, 0.25) is 0 Å². The molecule has 0 amide bonds. The Morgan fingerprint density at radius 1 is 1.33 bits per heavy atom. The number of nitrogen functional groups attached to an aromatic ring is 1. The minimum absolute atomic E-state index is 0.215. The molecule has 1 aliphatic rings. The third kappa shape index (κ3) is 1.75. The fraction of sp³-hybridized carbons (Fsp3) is 0.231. The number of aromatic amines is 1. The molecule has 0 spiro atoms. The molecule has 0 atom stereocenters. The first-order valence-corrected chi connectivity index (χ1v) is 6.67. The molecule has 0 unspecified atom stereocenters. The minimum atomic E-state index is 0.215. The summed E-state index contributed by atoms with van der Waals surface area (Å²) in [6, 6.07) is 6.19. The van der Waals surface area contributed by atoms with Crippen molar-refractivity contribution in [2.24, 2.45) is 0 Å². The molecule has 3 rings (SSSR count). The summed E-state index contributed by atoms with van der Waals surface area (Å²) in [5.41, 5.74) is 9.61. The molecular weight excluding hydrogens is 294 g/mol. The molecule has 0 radical (unpaired) electrons. The predicted octanol–water partition coefficient (Wildman–Crippen LogP) is 2.43. The van der Waals surface area contributed by atoms with Gasteiger partial charge in [-0.05, 0) is 30.5 Å². The van der Waals surface area contributed by atoms with E-state index in [1.54, 1.807) is 6.20 Å². The van der Waals surface area contributed by atoms with Gasteiger partial charge in [0.1, 0.15) is 0 Å². The Morgan fingerprint density at radius 3 is 3.00 bits per heavy atom. The van der Waals surface area contributed by atoms with Crippen LogP contribution in [0.1, 0.15) is 17.7 Å². The second kappa shape index (κ2) is 4.24. The smallest absolute Gasteiger partial charge is 0.333 e. The summed E-state index contributed by atoms with van der Waals surface area (Å²) >= 11 is 3.48. The standard InChI is InChI=1S/C13H13BrN3O/c14-9-5-4-8-2-1-3-11-13(10(8)6-9)16-7-12(15)17(11)18/h4-7H,1-3,15H2,(H,16,18)/q+1. The number of hydrogen-bond donors (Lipinski definition) is 2. The second-order valence-corrected chi connectivity index (χ2v) is 5.40. The number of H-pyrrole nitrogens is 1. The van der Waals surface area contributed by atoms with Gasteiger partial charge in [0.15, 0.2) is 5.69 Å². The van der Waals surface area contributed by atoms with E-state index in [1.807, 2.05) is 12.1 Å². The van der Waals surface area contributed by atoms with Crippen LogP contribution in [0.25, 0.3) is 11.3 Å². The maximum atomic E-state index is 12.0. The number of nitrogens with zero attached hydrogens (tertiary/aromatic N) is 1. The zero-order valence-corrected chi connectivity index (χ0v) is 11.3. The van der Waals surface area contributed by atoms with Gasteiger partial charge in [0, 0.05) is 20.9 Å². The molecule has 0 fully saturated rings. The van der Waals surface area contributed by atoms with E-state index < -0.39 is 0 Å². The topological polar surface area (TPSA) is 64.8 Å². The highest BCUT2D eigenvalue weighted by molar-refractivity contribution is 9.10. The van der Waals surface area contributed by atoms with Crippen molar-refractivity contribution in [2.45, 2.75) is 19.3 Å². The monoisotopic (exact) mass is 306 g/mol. The van der Waals surface area contributed by atoms with Crippen molar-refractivity contribution in [1.29, 1.82) is 0 Å². The van der Waals surface area contributed by atoms with E-state index in [0.717, 1.165) is 45.1 Å². The second-order valence-electron chi connectivity index (χ2n) is 4.48. The van der Waals surface area contributed by atoms with Crippen LogP contribution in [0.15, 0.2) is 28.9 Å². The van der Waals surface area contributed by atoms with Crippen molar-refractivity contribution in [1.82, 2.24) is 4.98 Å². The number of benzene rings is 1. The zero-order chi connectivity index (χ0) is 12.7. The number of anilines is 1. The average Bonchev–Trinajstić information content (AvgIpc) is 2.53. The molecule has 3 N–H and O–H groups in total. The average molecular weight is 307 g/mol. The van der Waals surface area contributed by atoms with Crippen molar-refractivity contribution in [2.75, 3.05) is 5.73 Å². The molecule has 1 aliphatic carbocycles. The first kappa shape index (κ1) is 11.5. The zero-order valence-electron chi connectivity index (χ0n) is 9.74. The molecule has 0 bridgehead atoms. The molecule has 18 heavy (non-hydrogen) atoms. The fourth-order valence-electron chi connectivity index (χ4n) is 2.45. The summed E-state index contributed by atoms with van der Waals surface area (Å²) in [6.45, 7) is 0. The SMILES string of the molecule is Nc1c[nH]c2c([n+]1=O)CCCc1ccc(Br)cc1-2. The highest BCUT2D eigenvalue weighted by atomic mass is 79.9.